The topological polar surface area (TPSA) is 64.6 Å². The smallest absolute Gasteiger partial charge is 0.315 e. The van der Waals surface area contributed by atoms with Crippen LogP contribution in [-0.2, 0) is 18.5 Å². The van der Waals surface area contributed by atoms with Crippen molar-refractivity contribution in [2.24, 2.45) is 0 Å². The maximum absolute atomic E-state index is 11.5. The Morgan fingerprint density at radius 3 is 2.17 bits per heavy atom. The Morgan fingerprint density at radius 2 is 1.74 bits per heavy atom. The van der Waals surface area contributed by atoms with Gasteiger partial charge in [0, 0.05) is 12.7 Å². The third-order valence-electron chi connectivity index (χ3n) is 3.44. The van der Waals surface area contributed by atoms with Crippen LogP contribution in [0.15, 0.2) is 0 Å². The standard InChI is InChI=1S/C15H31NO4S.C2H6.H2/c1-7-19-14(18)12-13(17)16-10-9-11-20-21(6,8-2)15(3,4)5;1-2;/h7-12H2,1-6H3,(H,16,17);1-2H3;1H. The maximum Gasteiger partial charge on any atom is 0.315 e. The highest BCUT2D eigenvalue weighted by Crippen LogP contribution is 2.56. The van der Waals surface area contributed by atoms with Crippen LogP contribution in [0.25, 0.3) is 0 Å². The van der Waals surface area contributed by atoms with E-state index in [0.717, 1.165) is 12.2 Å². The molecule has 0 fully saturated rings. The molecule has 0 bridgehead atoms. The van der Waals surface area contributed by atoms with Crippen molar-refractivity contribution in [3.05, 3.63) is 0 Å². The number of amides is 1. The Morgan fingerprint density at radius 1 is 1.17 bits per heavy atom. The summed E-state index contributed by atoms with van der Waals surface area (Å²) in [5.41, 5.74) is 0. The molecule has 142 valence electrons. The van der Waals surface area contributed by atoms with Crippen molar-refractivity contribution in [3.8, 4) is 0 Å². The molecule has 1 unspecified atom stereocenters. The van der Waals surface area contributed by atoms with Crippen molar-refractivity contribution in [2.45, 2.75) is 66.1 Å². The number of nitrogens with one attached hydrogen (secondary N) is 1. The quantitative estimate of drug-likeness (QED) is 0.388. The summed E-state index contributed by atoms with van der Waals surface area (Å²) >= 11 is 0. The molecule has 6 heteroatoms. The number of carbonyl (C=O) groups excluding carboxylic acids is 2. The first kappa shape index (κ1) is 24.5. The summed E-state index contributed by atoms with van der Waals surface area (Å²) in [6.45, 7) is 15.9. The second-order valence-electron chi connectivity index (χ2n) is 5.91. The van der Waals surface area contributed by atoms with Gasteiger partial charge in [0.05, 0.1) is 13.2 Å². The van der Waals surface area contributed by atoms with E-state index in [1.54, 1.807) is 6.92 Å². The Bertz CT molecular complexity index is 348. The molecule has 0 aliphatic carbocycles. The SMILES string of the molecule is CC.CCOC(=O)CC(=O)NCCCOS(C)(CC)C(C)(C)C.[HH]. The Labute approximate surface area is 145 Å². The average Bonchev–Trinajstić information content (AvgIpc) is 2.47. The van der Waals surface area contributed by atoms with Crippen molar-refractivity contribution in [3.63, 3.8) is 0 Å². The van der Waals surface area contributed by atoms with Gasteiger partial charge in [-0.15, -0.1) is 10.3 Å². The first-order chi connectivity index (χ1) is 10.7. The molecular formula is C17H39NO4S. The lowest BCUT2D eigenvalue weighted by atomic mass is 10.3. The van der Waals surface area contributed by atoms with Crippen LogP contribution < -0.4 is 5.32 Å². The van der Waals surface area contributed by atoms with Crippen molar-refractivity contribution >= 4 is 22.2 Å². The molecule has 0 aromatic carbocycles. The predicted molar refractivity (Wildman–Crippen MR) is 102 cm³/mol. The van der Waals surface area contributed by atoms with Crippen LogP contribution in [0.5, 0.6) is 0 Å². The highest BCUT2D eigenvalue weighted by molar-refractivity contribution is 8.30. The van der Waals surface area contributed by atoms with E-state index in [1.165, 1.54) is 0 Å². The highest BCUT2D eigenvalue weighted by Gasteiger charge is 2.31. The van der Waals surface area contributed by atoms with Crippen LogP contribution in [0.4, 0.5) is 0 Å². The van der Waals surface area contributed by atoms with Crippen LogP contribution in [0, 0.1) is 0 Å². The van der Waals surface area contributed by atoms with Crippen LogP contribution in [0.3, 0.4) is 0 Å². The Hall–Kier alpha value is -0.750. The first-order valence-corrected chi connectivity index (χ1v) is 10.6. The third-order valence-corrected chi connectivity index (χ3v) is 7.82. The molecule has 0 aliphatic heterocycles. The summed E-state index contributed by atoms with van der Waals surface area (Å²) in [7, 11) is -1.11. The number of hydrogen-bond donors (Lipinski definition) is 1. The van der Waals surface area contributed by atoms with Crippen molar-refractivity contribution in [1.29, 1.82) is 0 Å². The predicted octanol–water partition coefficient (Wildman–Crippen LogP) is 3.90. The normalized spacial score (nSPS) is 14.8. The summed E-state index contributed by atoms with van der Waals surface area (Å²) in [6.07, 6.45) is 2.73. The van der Waals surface area contributed by atoms with E-state index in [9.17, 15) is 9.59 Å². The van der Waals surface area contributed by atoms with E-state index in [0.29, 0.717) is 19.8 Å². The van der Waals surface area contributed by atoms with E-state index in [-0.39, 0.29) is 18.5 Å². The molecule has 0 radical (unpaired) electrons. The number of esters is 1. The molecular weight excluding hydrogens is 314 g/mol. The van der Waals surface area contributed by atoms with Crippen molar-refractivity contribution in [1.82, 2.24) is 5.32 Å². The maximum atomic E-state index is 11.5. The van der Waals surface area contributed by atoms with Gasteiger partial charge in [0.2, 0.25) is 5.91 Å². The average molecular weight is 354 g/mol. The summed E-state index contributed by atoms with van der Waals surface area (Å²) in [5, 5.41) is 2.70. The van der Waals surface area contributed by atoms with Gasteiger partial charge in [0.1, 0.15) is 6.42 Å². The molecule has 0 saturated heterocycles. The lowest BCUT2D eigenvalue weighted by Crippen LogP contribution is -2.30. The van der Waals surface area contributed by atoms with E-state index in [4.69, 9.17) is 8.92 Å². The molecule has 0 saturated carbocycles. The minimum atomic E-state index is -1.11. The fraction of sp³-hybridized carbons (Fsp3) is 0.882. The summed E-state index contributed by atoms with van der Waals surface area (Å²) < 4.78 is 10.9. The molecule has 0 aromatic heterocycles. The molecule has 0 spiro atoms. The van der Waals surface area contributed by atoms with Gasteiger partial charge < -0.3 is 14.2 Å². The fourth-order valence-corrected chi connectivity index (χ4v) is 3.51. The third kappa shape index (κ3) is 10.6. The van der Waals surface area contributed by atoms with E-state index >= 15 is 0 Å². The summed E-state index contributed by atoms with van der Waals surface area (Å²) in [4.78, 5) is 22.6. The Balaban J connectivity index is -0.00000141. The van der Waals surface area contributed by atoms with Crippen LogP contribution in [0.2, 0.25) is 0 Å². The van der Waals surface area contributed by atoms with Gasteiger partial charge in [-0.05, 0) is 25.4 Å². The number of ether oxygens (including phenoxy) is 1. The first-order valence-electron chi connectivity index (χ1n) is 8.48. The van der Waals surface area contributed by atoms with Crippen LogP contribution in [-0.4, -0.2) is 48.4 Å². The Kier molecular flexibility index (Phi) is 13.5. The van der Waals surface area contributed by atoms with Gasteiger partial charge in [-0.1, -0.05) is 41.5 Å². The van der Waals surface area contributed by atoms with Crippen molar-refractivity contribution < 1.29 is 19.9 Å². The number of rotatable bonds is 9. The summed E-state index contributed by atoms with van der Waals surface area (Å²) in [6, 6.07) is 0. The van der Waals surface area contributed by atoms with E-state index < -0.39 is 16.3 Å². The minimum absolute atomic E-state index is 0. The zero-order valence-corrected chi connectivity index (χ0v) is 17.1. The van der Waals surface area contributed by atoms with Crippen LogP contribution in [0.1, 0.15) is 62.7 Å². The fourth-order valence-electron chi connectivity index (χ4n) is 1.64. The zero-order valence-electron chi connectivity index (χ0n) is 16.3. The molecule has 1 atom stereocenters. The minimum Gasteiger partial charge on any atom is -0.466 e. The molecule has 1 amide bonds. The number of carbonyl (C=O) groups is 2. The zero-order chi connectivity index (χ0) is 18.5. The molecule has 0 heterocycles. The largest absolute Gasteiger partial charge is 0.466 e. The second-order valence-corrected chi connectivity index (χ2v) is 9.96. The van der Waals surface area contributed by atoms with E-state index in [1.807, 2.05) is 13.8 Å². The molecule has 23 heavy (non-hydrogen) atoms. The van der Waals surface area contributed by atoms with Crippen LogP contribution >= 0.6 is 10.3 Å². The van der Waals surface area contributed by atoms with Gasteiger partial charge in [0.25, 0.3) is 0 Å². The van der Waals surface area contributed by atoms with Gasteiger partial charge in [-0.25, -0.2) is 0 Å². The second kappa shape index (κ2) is 12.6. The van der Waals surface area contributed by atoms with Gasteiger partial charge in [-0.3, -0.25) is 9.59 Å². The van der Waals surface area contributed by atoms with E-state index in [2.05, 4.69) is 39.3 Å². The molecule has 0 aliphatic rings. The highest BCUT2D eigenvalue weighted by atomic mass is 32.3. The van der Waals surface area contributed by atoms with Gasteiger partial charge in [-0.2, -0.15) is 0 Å². The molecule has 0 rings (SSSR count). The van der Waals surface area contributed by atoms with Gasteiger partial charge in [0.15, 0.2) is 0 Å². The molecule has 0 aromatic rings. The summed E-state index contributed by atoms with van der Waals surface area (Å²) in [5.74, 6) is 0.239. The lowest BCUT2D eigenvalue weighted by molar-refractivity contribution is -0.145. The van der Waals surface area contributed by atoms with Gasteiger partial charge >= 0.3 is 5.97 Å². The molecule has 5 nitrogen and oxygen atoms in total. The van der Waals surface area contributed by atoms with Crippen molar-refractivity contribution in [2.75, 3.05) is 31.8 Å². The molecule has 1 N–H and O–H groups in total. The lowest BCUT2D eigenvalue weighted by Gasteiger charge is -2.46. The monoisotopic (exact) mass is 353 g/mol. The number of hydrogen-bond acceptors (Lipinski definition) is 4.